The molecular formula is C25H30FN3O3S. The zero-order valence-corrected chi connectivity index (χ0v) is 20.2. The van der Waals surface area contributed by atoms with E-state index in [1.807, 2.05) is 39.0 Å². The molecule has 0 saturated carbocycles. The van der Waals surface area contributed by atoms with Crippen LogP contribution in [0.2, 0.25) is 0 Å². The van der Waals surface area contributed by atoms with Gasteiger partial charge in [-0.25, -0.2) is 9.97 Å². The van der Waals surface area contributed by atoms with Crippen molar-refractivity contribution in [3.8, 4) is 11.8 Å². The number of carbonyl (C=O) groups excluding carboxylic acids is 1. The van der Waals surface area contributed by atoms with E-state index in [-0.39, 0.29) is 18.7 Å². The molecule has 33 heavy (non-hydrogen) atoms. The highest BCUT2D eigenvalue weighted by Gasteiger charge is 2.26. The molecule has 176 valence electrons. The van der Waals surface area contributed by atoms with Gasteiger partial charge in [0.1, 0.15) is 11.9 Å². The van der Waals surface area contributed by atoms with Crippen molar-refractivity contribution in [1.29, 1.82) is 0 Å². The Labute approximate surface area is 198 Å². The highest BCUT2D eigenvalue weighted by Crippen LogP contribution is 2.39. The summed E-state index contributed by atoms with van der Waals surface area (Å²) >= 11 is 1.70. The van der Waals surface area contributed by atoms with Crippen LogP contribution in [0.1, 0.15) is 44.7 Å². The van der Waals surface area contributed by atoms with Crippen LogP contribution in [-0.2, 0) is 4.79 Å². The van der Waals surface area contributed by atoms with E-state index in [0.717, 1.165) is 53.4 Å². The Bertz CT molecular complexity index is 1020. The van der Waals surface area contributed by atoms with Gasteiger partial charge in [-0.15, -0.1) is 11.8 Å². The first-order chi connectivity index (χ1) is 15.8. The number of nitrogens with zero attached hydrogens (tertiary/aromatic N) is 3. The molecule has 2 aliphatic rings. The molecule has 0 spiro atoms. The number of ether oxygens (including phenoxy) is 2. The summed E-state index contributed by atoms with van der Waals surface area (Å²) in [6.07, 6.45) is 7.24. The van der Waals surface area contributed by atoms with Crippen molar-refractivity contribution in [3.05, 3.63) is 47.8 Å². The number of carbonyl (C=O) groups is 1. The molecule has 1 saturated heterocycles. The normalized spacial score (nSPS) is 18.5. The van der Waals surface area contributed by atoms with Crippen molar-refractivity contribution in [3.63, 3.8) is 0 Å². The van der Waals surface area contributed by atoms with Gasteiger partial charge < -0.3 is 9.47 Å². The maximum Gasteiger partial charge on any atom is 0.316 e. The van der Waals surface area contributed by atoms with Crippen LogP contribution in [-0.4, -0.2) is 59.0 Å². The molecule has 2 aromatic rings. The number of thioether (sulfide) groups is 1. The predicted octanol–water partition coefficient (Wildman–Crippen LogP) is 4.78. The SMILES string of the molecule is CC(C)(C)C(=O)Oc1ccc2c(c1)SCC=C2c1cnc(O[C@H]2CCN(CCCF)C2)nc1. The third-order valence-electron chi connectivity index (χ3n) is 5.64. The molecule has 3 heterocycles. The van der Waals surface area contributed by atoms with Gasteiger partial charge in [0.2, 0.25) is 0 Å². The molecule has 0 radical (unpaired) electrons. The van der Waals surface area contributed by atoms with Gasteiger partial charge in [0.25, 0.3) is 0 Å². The lowest BCUT2D eigenvalue weighted by Crippen LogP contribution is -2.26. The second-order valence-electron chi connectivity index (χ2n) is 9.35. The van der Waals surface area contributed by atoms with Gasteiger partial charge in [-0.3, -0.25) is 14.1 Å². The minimum absolute atomic E-state index is 0.0377. The minimum Gasteiger partial charge on any atom is -0.459 e. The molecule has 4 rings (SSSR count). The van der Waals surface area contributed by atoms with Crippen LogP contribution in [0.3, 0.4) is 0 Å². The number of fused-ring (bicyclic) bond motifs is 1. The largest absolute Gasteiger partial charge is 0.459 e. The number of esters is 1. The highest BCUT2D eigenvalue weighted by molar-refractivity contribution is 7.99. The van der Waals surface area contributed by atoms with Crippen molar-refractivity contribution >= 4 is 23.3 Å². The lowest BCUT2D eigenvalue weighted by atomic mass is 9.97. The summed E-state index contributed by atoms with van der Waals surface area (Å²) in [4.78, 5) is 24.4. The third kappa shape index (κ3) is 5.92. The molecule has 8 heteroatoms. The average molecular weight is 472 g/mol. The zero-order chi connectivity index (χ0) is 23.4. The van der Waals surface area contributed by atoms with Crippen LogP contribution in [0.25, 0.3) is 5.57 Å². The van der Waals surface area contributed by atoms with E-state index in [0.29, 0.717) is 18.2 Å². The first-order valence-electron chi connectivity index (χ1n) is 11.3. The number of alkyl halides is 1. The van der Waals surface area contributed by atoms with Gasteiger partial charge in [0.15, 0.2) is 0 Å². The van der Waals surface area contributed by atoms with Crippen molar-refractivity contribution in [2.24, 2.45) is 5.41 Å². The average Bonchev–Trinajstić information content (AvgIpc) is 3.24. The molecule has 1 fully saturated rings. The van der Waals surface area contributed by atoms with Gasteiger partial charge in [0, 0.05) is 48.2 Å². The van der Waals surface area contributed by atoms with Crippen LogP contribution in [0.4, 0.5) is 4.39 Å². The molecule has 1 aromatic heterocycles. The lowest BCUT2D eigenvalue weighted by Gasteiger charge is -2.20. The first-order valence-corrected chi connectivity index (χ1v) is 12.3. The van der Waals surface area contributed by atoms with E-state index in [9.17, 15) is 9.18 Å². The molecule has 0 N–H and O–H groups in total. The summed E-state index contributed by atoms with van der Waals surface area (Å²) in [6, 6.07) is 6.10. The van der Waals surface area contributed by atoms with Crippen LogP contribution >= 0.6 is 11.8 Å². The van der Waals surface area contributed by atoms with E-state index >= 15 is 0 Å². The Balaban J connectivity index is 1.42. The molecule has 2 aliphatic heterocycles. The molecule has 0 bridgehead atoms. The molecule has 6 nitrogen and oxygen atoms in total. The van der Waals surface area contributed by atoms with E-state index in [2.05, 4.69) is 20.9 Å². The molecule has 0 amide bonds. The number of halogens is 1. The van der Waals surface area contributed by atoms with Crippen molar-refractivity contribution in [1.82, 2.24) is 14.9 Å². The van der Waals surface area contributed by atoms with E-state index < -0.39 is 5.41 Å². The predicted molar refractivity (Wildman–Crippen MR) is 127 cm³/mol. The van der Waals surface area contributed by atoms with Gasteiger partial charge in [-0.05, 0) is 62.9 Å². The summed E-state index contributed by atoms with van der Waals surface area (Å²) in [6.45, 7) is 7.69. The summed E-state index contributed by atoms with van der Waals surface area (Å²) < 4.78 is 23.9. The number of likely N-dealkylation sites (tertiary alicyclic amines) is 1. The fourth-order valence-corrected chi connectivity index (χ4v) is 4.77. The van der Waals surface area contributed by atoms with Crippen LogP contribution < -0.4 is 9.47 Å². The van der Waals surface area contributed by atoms with E-state index in [4.69, 9.17) is 9.47 Å². The lowest BCUT2D eigenvalue weighted by molar-refractivity contribution is -0.143. The Kier molecular flexibility index (Phi) is 7.34. The van der Waals surface area contributed by atoms with Gasteiger partial charge >= 0.3 is 12.0 Å². The summed E-state index contributed by atoms with van der Waals surface area (Å²) in [5, 5.41) is 0. The fourth-order valence-electron chi connectivity index (χ4n) is 3.81. The minimum atomic E-state index is -0.555. The van der Waals surface area contributed by atoms with Crippen molar-refractivity contribution in [2.45, 2.75) is 44.6 Å². The Morgan fingerprint density at radius 3 is 2.79 bits per heavy atom. The first kappa shape index (κ1) is 23.7. The monoisotopic (exact) mass is 471 g/mol. The Morgan fingerprint density at radius 2 is 2.06 bits per heavy atom. The van der Waals surface area contributed by atoms with Gasteiger partial charge in [0.05, 0.1) is 12.1 Å². The standard InChI is InChI=1S/C25H30FN3O3S/c1-25(2,3)23(30)31-18-5-6-21-20(8-12-33-22(21)13-18)17-14-27-24(28-15-17)32-19-7-11-29(16-19)10-4-9-26/h5-6,8,13-15,19H,4,7,9-12,16H2,1-3H3/t19-/m0/s1. The number of benzene rings is 1. The summed E-state index contributed by atoms with van der Waals surface area (Å²) in [5.74, 6) is 1.11. The molecular weight excluding hydrogens is 441 g/mol. The Morgan fingerprint density at radius 1 is 1.27 bits per heavy atom. The van der Waals surface area contributed by atoms with Crippen molar-refractivity contribution < 1.29 is 18.7 Å². The topological polar surface area (TPSA) is 64.6 Å². The van der Waals surface area contributed by atoms with Crippen LogP contribution in [0.5, 0.6) is 11.8 Å². The zero-order valence-electron chi connectivity index (χ0n) is 19.3. The number of hydrogen-bond acceptors (Lipinski definition) is 7. The van der Waals surface area contributed by atoms with Crippen LogP contribution in [0, 0.1) is 5.41 Å². The Hall–Kier alpha value is -2.45. The van der Waals surface area contributed by atoms with Gasteiger partial charge in [-0.1, -0.05) is 6.08 Å². The highest BCUT2D eigenvalue weighted by atomic mass is 32.2. The quantitative estimate of drug-likeness (QED) is 0.425. The van der Waals surface area contributed by atoms with Crippen LogP contribution in [0.15, 0.2) is 41.6 Å². The maximum atomic E-state index is 12.4. The third-order valence-corrected chi connectivity index (χ3v) is 6.62. The number of hydrogen-bond donors (Lipinski definition) is 0. The summed E-state index contributed by atoms with van der Waals surface area (Å²) in [5.41, 5.74) is 2.49. The van der Waals surface area contributed by atoms with E-state index in [1.54, 1.807) is 24.2 Å². The van der Waals surface area contributed by atoms with Gasteiger partial charge in [-0.2, -0.15) is 0 Å². The molecule has 0 unspecified atom stereocenters. The molecule has 1 atom stereocenters. The second kappa shape index (κ2) is 10.2. The summed E-state index contributed by atoms with van der Waals surface area (Å²) in [7, 11) is 0. The smallest absolute Gasteiger partial charge is 0.316 e. The van der Waals surface area contributed by atoms with E-state index in [1.165, 1.54) is 0 Å². The fraction of sp³-hybridized carbons (Fsp3) is 0.480. The molecule has 0 aliphatic carbocycles. The second-order valence-corrected chi connectivity index (χ2v) is 10.4. The molecule has 1 aromatic carbocycles. The number of aromatic nitrogens is 2. The van der Waals surface area contributed by atoms with Crippen molar-refractivity contribution in [2.75, 3.05) is 32.1 Å². The maximum absolute atomic E-state index is 12.4. The number of rotatable bonds is 7.